The summed E-state index contributed by atoms with van der Waals surface area (Å²) in [5, 5.41) is 27.3. The molecule has 1 N–H and O–H groups in total. The zero-order valence-electron chi connectivity index (χ0n) is 11.8. The number of hydrogen-bond donors (Lipinski definition) is 1. The van der Waals surface area contributed by atoms with Gasteiger partial charge in [0.15, 0.2) is 0 Å². The van der Waals surface area contributed by atoms with Crippen LogP contribution in [0.2, 0.25) is 0 Å². The highest BCUT2D eigenvalue weighted by atomic mass is 16.3. The van der Waals surface area contributed by atoms with Crippen molar-refractivity contribution < 1.29 is 5.11 Å². The van der Waals surface area contributed by atoms with Crippen LogP contribution in [-0.2, 0) is 6.54 Å². The molecule has 1 saturated heterocycles. The molecule has 21 heavy (non-hydrogen) atoms. The minimum Gasteiger partial charge on any atom is -0.386 e. The van der Waals surface area contributed by atoms with Gasteiger partial charge in [-0.3, -0.25) is 0 Å². The Bertz CT molecular complexity index is 677. The standard InChI is InChI=1S/C14H16N6O/c1-11-2-3-13(17-12(11)8-15)19-6-4-14(21,9-19)10-20-7-5-16-18-20/h2-3,5,7,21H,4,6,9-10H2,1H3. The van der Waals surface area contributed by atoms with Gasteiger partial charge in [0.1, 0.15) is 23.2 Å². The quantitative estimate of drug-likeness (QED) is 0.882. The smallest absolute Gasteiger partial charge is 0.145 e. The van der Waals surface area contributed by atoms with E-state index in [-0.39, 0.29) is 0 Å². The molecule has 7 nitrogen and oxygen atoms in total. The number of nitrogens with zero attached hydrogens (tertiary/aromatic N) is 6. The molecule has 2 aromatic heterocycles. The highest BCUT2D eigenvalue weighted by Crippen LogP contribution is 2.27. The molecular weight excluding hydrogens is 268 g/mol. The topological polar surface area (TPSA) is 90.9 Å². The van der Waals surface area contributed by atoms with E-state index in [0.29, 0.717) is 31.7 Å². The van der Waals surface area contributed by atoms with E-state index >= 15 is 0 Å². The number of β-amino-alcohol motifs (C(OH)–C–C–N with tert-alkyl or cyclic N) is 1. The molecule has 0 aromatic carbocycles. The van der Waals surface area contributed by atoms with Crippen molar-refractivity contribution in [3.05, 3.63) is 35.8 Å². The van der Waals surface area contributed by atoms with Gasteiger partial charge in [0, 0.05) is 19.3 Å². The molecule has 3 heterocycles. The number of hydrogen-bond acceptors (Lipinski definition) is 6. The van der Waals surface area contributed by atoms with Crippen LogP contribution in [0.1, 0.15) is 17.7 Å². The van der Waals surface area contributed by atoms with Gasteiger partial charge in [0.05, 0.1) is 12.7 Å². The van der Waals surface area contributed by atoms with Crippen LogP contribution >= 0.6 is 0 Å². The number of rotatable bonds is 3. The Morgan fingerprint density at radius 1 is 1.48 bits per heavy atom. The van der Waals surface area contributed by atoms with Crippen molar-refractivity contribution in [2.24, 2.45) is 0 Å². The maximum absolute atomic E-state index is 10.7. The SMILES string of the molecule is Cc1ccc(N2CCC(O)(Cn3ccnn3)C2)nc1C#N. The molecule has 1 aliphatic heterocycles. The average molecular weight is 284 g/mol. The third kappa shape index (κ3) is 2.71. The van der Waals surface area contributed by atoms with Crippen LogP contribution < -0.4 is 4.90 Å². The molecule has 3 rings (SSSR count). The van der Waals surface area contributed by atoms with Gasteiger partial charge in [0.2, 0.25) is 0 Å². The predicted molar refractivity (Wildman–Crippen MR) is 75.5 cm³/mol. The molecule has 0 spiro atoms. The molecular formula is C14H16N6O. The maximum Gasteiger partial charge on any atom is 0.145 e. The van der Waals surface area contributed by atoms with E-state index in [1.54, 1.807) is 17.1 Å². The number of aryl methyl sites for hydroxylation is 1. The molecule has 108 valence electrons. The average Bonchev–Trinajstić information content (AvgIpc) is 3.10. The van der Waals surface area contributed by atoms with E-state index in [4.69, 9.17) is 5.26 Å². The van der Waals surface area contributed by atoms with Gasteiger partial charge < -0.3 is 10.0 Å². The van der Waals surface area contributed by atoms with E-state index in [1.807, 2.05) is 24.0 Å². The fourth-order valence-electron chi connectivity index (χ4n) is 2.61. The lowest BCUT2D eigenvalue weighted by molar-refractivity contribution is 0.0408. The number of aliphatic hydroxyl groups is 1. The lowest BCUT2D eigenvalue weighted by Gasteiger charge is -2.23. The summed E-state index contributed by atoms with van der Waals surface area (Å²) < 4.78 is 1.63. The second-order valence-corrected chi connectivity index (χ2v) is 5.44. The highest BCUT2D eigenvalue weighted by molar-refractivity contribution is 5.46. The molecule has 2 aromatic rings. The Balaban J connectivity index is 1.76. The van der Waals surface area contributed by atoms with Crippen molar-refractivity contribution in [2.75, 3.05) is 18.0 Å². The van der Waals surface area contributed by atoms with E-state index in [0.717, 1.165) is 11.4 Å². The van der Waals surface area contributed by atoms with Gasteiger partial charge in [-0.15, -0.1) is 5.10 Å². The Hall–Kier alpha value is -2.46. The van der Waals surface area contributed by atoms with E-state index < -0.39 is 5.60 Å². The summed E-state index contributed by atoms with van der Waals surface area (Å²) in [7, 11) is 0. The Morgan fingerprint density at radius 3 is 3.05 bits per heavy atom. The van der Waals surface area contributed by atoms with Gasteiger partial charge >= 0.3 is 0 Å². The molecule has 1 aliphatic rings. The van der Waals surface area contributed by atoms with E-state index in [2.05, 4.69) is 21.4 Å². The minimum absolute atomic E-state index is 0.403. The van der Waals surface area contributed by atoms with Gasteiger partial charge in [0.25, 0.3) is 0 Å². The summed E-state index contributed by atoms with van der Waals surface area (Å²) in [6, 6.07) is 5.86. The lowest BCUT2D eigenvalue weighted by Crippen LogP contribution is -2.38. The number of aromatic nitrogens is 4. The first kappa shape index (κ1) is 13.5. The minimum atomic E-state index is -0.854. The molecule has 1 atom stereocenters. The van der Waals surface area contributed by atoms with Gasteiger partial charge in [-0.25, -0.2) is 9.67 Å². The third-order valence-electron chi connectivity index (χ3n) is 3.77. The molecule has 1 fully saturated rings. The fourth-order valence-corrected chi connectivity index (χ4v) is 2.61. The third-order valence-corrected chi connectivity index (χ3v) is 3.77. The zero-order chi connectivity index (χ0) is 14.9. The first-order valence-electron chi connectivity index (χ1n) is 6.79. The van der Waals surface area contributed by atoms with Crippen LogP contribution in [0.3, 0.4) is 0 Å². The first-order valence-corrected chi connectivity index (χ1v) is 6.79. The molecule has 7 heteroatoms. The Kier molecular flexibility index (Phi) is 3.31. The zero-order valence-corrected chi connectivity index (χ0v) is 11.8. The van der Waals surface area contributed by atoms with Crippen molar-refractivity contribution in [3.8, 4) is 6.07 Å². The number of nitriles is 1. The van der Waals surface area contributed by atoms with Crippen LogP contribution in [0, 0.1) is 18.3 Å². The van der Waals surface area contributed by atoms with Crippen LogP contribution in [-0.4, -0.2) is 43.8 Å². The second-order valence-electron chi connectivity index (χ2n) is 5.44. The van der Waals surface area contributed by atoms with Crippen molar-refractivity contribution in [3.63, 3.8) is 0 Å². The van der Waals surface area contributed by atoms with Gasteiger partial charge in [-0.2, -0.15) is 5.26 Å². The van der Waals surface area contributed by atoms with Gasteiger partial charge in [-0.05, 0) is 25.0 Å². The Labute approximate surface area is 122 Å². The van der Waals surface area contributed by atoms with Crippen molar-refractivity contribution in [1.29, 1.82) is 5.26 Å². The van der Waals surface area contributed by atoms with E-state index in [9.17, 15) is 5.11 Å². The monoisotopic (exact) mass is 284 g/mol. The largest absolute Gasteiger partial charge is 0.386 e. The normalized spacial score (nSPS) is 21.5. The first-order chi connectivity index (χ1) is 10.1. The predicted octanol–water partition coefficient (Wildman–Crippen LogP) is 0.495. The lowest BCUT2D eigenvalue weighted by atomic mass is 10.0. The Morgan fingerprint density at radius 2 is 2.33 bits per heavy atom. The number of anilines is 1. The van der Waals surface area contributed by atoms with E-state index in [1.165, 1.54) is 0 Å². The highest BCUT2D eigenvalue weighted by Gasteiger charge is 2.37. The fraction of sp³-hybridized carbons (Fsp3) is 0.429. The summed E-state index contributed by atoms with van der Waals surface area (Å²) in [6.07, 6.45) is 3.96. The molecule has 1 unspecified atom stereocenters. The summed E-state index contributed by atoms with van der Waals surface area (Å²) in [6.45, 7) is 3.43. The van der Waals surface area contributed by atoms with Crippen molar-refractivity contribution in [1.82, 2.24) is 20.0 Å². The van der Waals surface area contributed by atoms with Gasteiger partial charge in [-0.1, -0.05) is 11.3 Å². The second kappa shape index (κ2) is 5.14. The molecule has 0 aliphatic carbocycles. The molecule has 0 amide bonds. The summed E-state index contributed by atoms with van der Waals surface area (Å²) >= 11 is 0. The molecule has 0 saturated carbocycles. The van der Waals surface area contributed by atoms with Crippen molar-refractivity contribution in [2.45, 2.75) is 25.5 Å². The number of pyridine rings is 1. The van der Waals surface area contributed by atoms with Crippen LogP contribution in [0.5, 0.6) is 0 Å². The summed E-state index contributed by atoms with van der Waals surface area (Å²) in [5.74, 6) is 0.728. The molecule has 0 bridgehead atoms. The molecule has 0 radical (unpaired) electrons. The van der Waals surface area contributed by atoms with Crippen LogP contribution in [0.4, 0.5) is 5.82 Å². The summed E-state index contributed by atoms with van der Waals surface area (Å²) in [4.78, 5) is 6.35. The summed E-state index contributed by atoms with van der Waals surface area (Å²) in [5.41, 5.74) is 0.435. The maximum atomic E-state index is 10.7. The van der Waals surface area contributed by atoms with Crippen LogP contribution in [0.15, 0.2) is 24.5 Å². The van der Waals surface area contributed by atoms with Crippen LogP contribution in [0.25, 0.3) is 0 Å². The van der Waals surface area contributed by atoms with Crippen molar-refractivity contribution >= 4 is 5.82 Å².